The number of hydrogen-bond donors (Lipinski definition) is 1. The molecule has 1 amide bonds. The van der Waals surface area contributed by atoms with Crippen molar-refractivity contribution >= 4 is 45.2 Å². The van der Waals surface area contributed by atoms with Crippen LogP contribution in [0.15, 0.2) is 36.5 Å². The molecule has 2 aliphatic rings. The first-order valence-electron chi connectivity index (χ1n) is 12.2. The van der Waals surface area contributed by atoms with E-state index in [4.69, 9.17) is 16.6 Å². The molecule has 192 valence electrons. The number of amides is 1. The fourth-order valence-electron chi connectivity index (χ4n) is 5.10. The molecule has 38 heavy (non-hydrogen) atoms. The minimum Gasteiger partial charge on any atom is -0.465 e. The number of rotatable bonds is 4. The molecule has 0 spiro atoms. The van der Waals surface area contributed by atoms with Crippen molar-refractivity contribution in [3.05, 3.63) is 59.0 Å². The molecule has 11 heteroatoms. The number of nitriles is 1. The predicted molar refractivity (Wildman–Crippen MR) is 138 cm³/mol. The minimum atomic E-state index is -1.08. The molecule has 2 aromatic heterocycles. The SMILES string of the molecule is N#CCC1CN(c2nc(C3CC3)nc3c(F)c(-c4cccc5ccc(F)c(Cl)c45)ncc23)CCN1C(=O)O. The predicted octanol–water partition coefficient (Wildman–Crippen LogP) is 5.74. The zero-order valence-corrected chi connectivity index (χ0v) is 20.8. The topological polar surface area (TPSA) is 106 Å². The second kappa shape index (κ2) is 9.33. The number of anilines is 1. The first-order chi connectivity index (χ1) is 18.4. The van der Waals surface area contributed by atoms with Crippen LogP contribution >= 0.6 is 11.6 Å². The number of hydrogen-bond acceptors (Lipinski definition) is 6. The lowest BCUT2D eigenvalue weighted by molar-refractivity contribution is 0.119. The smallest absolute Gasteiger partial charge is 0.407 e. The van der Waals surface area contributed by atoms with Crippen molar-refractivity contribution in [3.63, 3.8) is 0 Å². The molecule has 0 radical (unpaired) electrons. The van der Waals surface area contributed by atoms with Gasteiger partial charge >= 0.3 is 6.09 Å². The third kappa shape index (κ3) is 4.03. The number of pyridine rings is 1. The van der Waals surface area contributed by atoms with Gasteiger partial charge in [0.2, 0.25) is 0 Å². The van der Waals surface area contributed by atoms with Gasteiger partial charge < -0.3 is 14.9 Å². The van der Waals surface area contributed by atoms with Gasteiger partial charge in [-0.3, -0.25) is 4.98 Å². The van der Waals surface area contributed by atoms with E-state index in [9.17, 15) is 19.6 Å². The third-order valence-corrected chi connectivity index (χ3v) is 7.54. The largest absolute Gasteiger partial charge is 0.465 e. The molecule has 1 unspecified atom stereocenters. The van der Waals surface area contributed by atoms with Crippen molar-refractivity contribution in [3.8, 4) is 17.3 Å². The van der Waals surface area contributed by atoms with E-state index >= 15 is 4.39 Å². The lowest BCUT2D eigenvalue weighted by Gasteiger charge is -2.40. The summed E-state index contributed by atoms with van der Waals surface area (Å²) in [6, 6.07) is 9.50. The van der Waals surface area contributed by atoms with Crippen LogP contribution in [0, 0.1) is 23.0 Å². The molecule has 1 aliphatic heterocycles. The zero-order chi connectivity index (χ0) is 26.6. The van der Waals surface area contributed by atoms with E-state index in [1.54, 1.807) is 24.3 Å². The summed E-state index contributed by atoms with van der Waals surface area (Å²) < 4.78 is 30.6. The number of fused-ring (bicyclic) bond motifs is 2. The summed E-state index contributed by atoms with van der Waals surface area (Å²) in [6.07, 6.45) is 2.23. The van der Waals surface area contributed by atoms with Gasteiger partial charge in [-0.2, -0.15) is 5.26 Å². The maximum Gasteiger partial charge on any atom is 0.407 e. The summed E-state index contributed by atoms with van der Waals surface area (Å²) >= 11 is 6.30. The Labute approximate surface area is 221 Å². The van der Waals surface area contributed by atoms with E-state index in [0.717, 1.165) is 12.8 Å². The number of carbonyl (C=O) groups is 1. The van der Waals surface area contributed by atoms with Gasteiger partial charge in [-0.25, -0.2) is 23.5 Å². The molecule has 1 aliphatic carbocycles. The molecular formula is C27H21ClF2N6O2. The Morgan fingerprint density at radius 2 is 2.00 bits per heavy atom. The molecule has 3 heterocycles. The lowest BCUT2D eigenvalue weighted by atomic mass is 10.0. The highest BCUT2D eigenvalue weighted by Gasteiger charge is 2.34. The maximum absolute atomic E-state index is 16.3. The molecule has 1 saturated carbocycles. The van der Waals surface area contributed by atoms with Crippen LogP contribution < -0.4 is 4.90 Å². The molecular weight excluding hydrogens is 514 g/mol. The highest BCUT2D eigenvalue weighted by atomic mass is 35.5. The molecule has 2 aromatic carbocycles. The quantitative estimate of drug-likeness (QED) is 0.356. The number of aromatic nitrogens is 3. The van der Waals surface area contributed by atoms with Crippen molar-refractivity contribution in [2.24, 2.45) is 0 Å². The Morgan fingerprint density at radius 1 is 1.18 bits per heavy atom. The number of nitrogens with zero attached hydrogens (tertiary/aromatic N) is 6. The van der Waals surface area contributed by atoms with Gasteiger partial charge in [-0.05, 0) is 24.3 Å². The molecule has 4 aromatic rings. The van der Waals surface area contributed by atoms with Crippen molar-refractivity contribution < 1.29 is 18.7 Å². The highest BCUT2D eigenvalue weighted by molar-refractivity contribution is 6.36. The third-order valence-electron chi connectivity index (χ3n) is 7.17. The molecule has 1 N–H and O–H groups in total. The Balaban J connectivity index is 1.51. The normalized spacial score (nSPS) is 17.7. The van der Waals surface area contributed by atoms with E-state index < -0.39 is 23.8 Å². The second-order valence-electron chi connectivity index (χ2n) is 9.57. The van der Waals surface area contributed by atoms with Gasteiger partial charge in [0.05, 0.1) is 28.9 Å². The molecule has 0 bridgehead atoms. The van der Waals surface area contributed by atoms with Crippen LogP contribution in [0.25, 0.3) is 32.9 Å². The van der Waals surface area contributed by atoms with E-state index in [-0.39, 0.29) is 41.7 Å². The van der Waals surface area contributed by atoms with E-state index in [2.05, 4.69) is 16.0 Å². The molecule has 1 atom stereocenters. The first-order valence-corrected chi connectivity index (χ1v) is 12.6. The van der Waals surface area contributed by atoms with E-state index in [0.29, 0.717) is 39.9 Å². The maximum atomic E-state index is 16.3. The standard InChI is InChI=1S/C27H21ClF2N6O2/c28-21-19(29)7-6-14-2-1-3-17(20(14)21)23-22(30)24-18(12-32-23)26(34-25(33-24)15-4-5-15)35-10-11-36(27(37)38)16(13-35)8-9-31/h1-3,6-7,12,15-16H,4-5,8,10-11,13H2,(H,37,38). The summed E-state index contributed by atoms with van der Waals surface area (Å²) in [7, 11) is 0. The van der Waals surface area contributed by atoms with E-state index in [1.165, 1.54) is 17.2 Å². The van der Waals surface area contributed by atoms with Gasteiger partial charge in [0, 0.05) is 42.7 Å². The Kier molecular flexibility index (Phi) is 5.95. The van der Waals surface area contributed by atoms with Gasteiger partial charge in [0.25, 0.3) is 0 Å². The van der Waals surface area contributed by atoms with Gasteiger partial charge in [-0.1, -0.05) is 35.9 Å². The molecule has 2 fully saturated rings. The fraction of sp³-hybridized carbons (Fsp3) is 0.296. The van der Waals surface area contributed by atoms with Gasteiger partial charge in [0.15, 0.2) is 5.82 Å². The Bertz CT molecular complexity index is 1650. The minimum absolute atomic E-state index is 0.0000467. The molecule has 6 rings (SSSR count). The monoisotopic (exact) mass is 534 g/mol. The second-order valence-corrected chi connectivity index (χ2v) is 9.94. The van der Waals surface area contributed by atoms with Gasteiger partial charge in [0.1, 0.15) is 28.7 Å². The summed E-state index contributed by atoms with van der Waals surface area (Å²) in [5.41, 5.74) is 0.438. The Morgan fingerprint density at radius 3 is 2.74 bits per heavy atom. The van der Waals surface area contributed by atoms with Crippen LogP contribution in [0.5, 0.6) is 0 Å². The average Bonchev–Trinajstić information content (AvgIpc) is 3.76. The van der Waals surface area contributed by atoms with Crippen LogP contribution in [-0.4, -0.2) is 56.7 Å². The molecule has 1 saturated heterocycles. The number of carboxylic acid groups (broad SMARTS) is 1. The van der Waals surface area contributed by atoms with Crippen molar-refractivity contribution in [1.82, 2.24) is 19.9 Å². The van der Waals surface area contributed by atoms with E-state index in [1.807, 2.05) is 4.90 Å². The number of benzene rings is 2. The van der Waals surface area contributed by atoms with Crippen LogP contribution in [0.2, 0.25) is 5.02 Å². The van der Waals surface area contributed by atoms with Crippen molar-refractivity contribution in [2.75, 3.05) is 24.5 Å². The summed E-state index contributed by atoms with van der Waals surface area (Å²) in [6.45, 7) is 0.740. The summed E-state index contributed by atoms with van der Waals surface area (Å²) in [5.74, 6) is -0.183. The van der Waals surface area contributed by atoms with Crippen LogP contribution in [-0.2, 0) is 0 Å². The first kappa shape index (κ1) is 24.2. The van der Waals surface area contributed by atoms with Crippen LogP contribution in [0.1, 0.15) is 31.0 Å². The van der Waals surface area contributed by atoms with Crippen LogP contribution in [0.3, 0.4) is 0 Å². The highest BCUT2D eigenvalue weighted by Crippen LogP contribution is 2.42. The van der Waals surface area contributed by atoms with Gasteiger partial charge in [-0.15, -0.1) is 0 Å². The summed E-state index contributed by atoms with van der Waals surface area (Å²) in [5, 5.41) is 20.1. The van der Waals surface area contributed by atoms with Crippen molar-refractivity contribution in [1.29, 1.82) is 5.26 Å². The lowest BCUT2D eigenvalue weighted by Crippen LogP contribution is -2.55. The van der Waals surface area contributed by atoms with Crippen molar-refractivity contribution in [2.45, 2.75) is 31.2 Å². The Hall–Kier alpha value is -4.10. The molecule has 8 nitrogen and oxygen atoms in total. The fourth-order valence-corrected chi connectivity index (χ4v) is 5.37. The van der Waals surface area contributed by atoms with Crippen LogP contribution in [0.4, 0.5) is 19.4 Å². The average molecular weight is 535 g/mol. The summed E-state index contributed by atoms with van der Waals surface area (Å²) in [4.78, 5) is 28.6. The number of halogens is 3. The number of piperazine rings is 1. The zero-order valence-electron chi connectivity index (χ0n) is 20.0.